The quantitative estimate of drug-likeness (QED) is 0.554. The van der Waals surface area contributed by atoms with E-state index >= 15 is 0 Å². The van der Waals surface area contributed by atoms with E-state index < -0.39 is 0 Å². The number of ketones is 1. The van der Waals surface area contributed by atoms with E-state index in [4.69, 9.17) is 4.74 Å². The van der Waals surface area contributed by atoms with Gasteiger partial charge in [0.2, 0.25) is 17.6 Å². The standard InChI is InChI=1S/C28H26N4O5/c1-17(33)29-16-21-4-3-5-24-26(21)27(35)25(32(24)18(2)34)15-22-8-6-19-14-20(7-9-23(19)30-22)28(36)31-10-12-37-13-11-31/h3-9,14-15H,10-13,16H2,1-2H3,(H,29,33). The minimum Gasteiger partial charge on any atom is -0.378 e. The molecule has 1 saturated heterocycles. The molecule has 1 aromatic heterocycles. The summed E-state index contributed by atoms with van der Waals surface area (Å²) in [5, 5.41) is 3.51. The predicted octanol–water partition coefficient (Wildman–Crippen LogP) is 2.93. The number of rotatable bonds is 4. The molecule has 188 valence electrons. The monoisotopic (exact) mass is 498 g/mol. The van der Waals surface area contributed by atoms with Crippen LogP contribution in [0.2, 0.25) is 0 Å². The van der Waals surface area contributed by atoms with Crippen molar-refractivity contribution in [1.82, 2.24) is 15.2 Å². The maximum absolute atomic E-state index is 13.5. The number of hydrogen-bond donors (Lipinski definition) is 1. The number of aromatic nitrogens is 1. The predicted molar refractivity (Wildman–Crippen MR) is 138 cm³/mol. The second kappa shape index (κ2) is 9.94. The minimum absolute atomic E-state index is 0.0436. The zero-order valence-electron chi connectivity index (χ0n) is 20.6. The lowest BCUT2D eigenvalue weighted by molar-refractivity contribution is -0.119. The van der Waals surface area contributed by atoms with Gasteiger partial charge in [0.05, 0.1) is 41.4 Å². The Bertz CT molecular complexity index is 1470. The third-order valence-electron chi connectivity index (χ3n) is 6.45. The first-order valence-electron chi connectivity index (χ1n) is 12.0. The molecule has 0 spiro atoms. The fourth-order valence-corrected chi connectivity index (χ4v) is 4.67. The maximum Gasteiger partial charge on any atom is 0.254 e. The molecule has 0 radical (unpaired) electrons. The summed E-state index contributed by atoms with van der Waals surface area (Å²) in [6.07, 6.45) is 1.60. The van der Waals surface area contributed by atoms with Gasteiger partial charge in [0.25, 0.3) is 5.91 Å². The van der Waals surface area contributed by atoms with Gasteiger partial charge in [0.15, 0.2) is 0 Å². The van der Waals surface area contributed by atoms with Crippen LogP contribution in [0.25, 0.3) is 17.0 Å². The van der Waals surface area contributed by atoms with Gasteiger partial charge in [-0.25, -0.2) is 4.98 Å². The van der Waals surface area contributed by atoms with Crippen LogP contribution < -0.4 is 10.2 Å². The molecule has 3 heterocycles. The van der Waals surface area contributed by atoms with Gasteiger partial charge < -0.3 is 15.0 Å². The first kappa shape index (κ1) is 24.3. The number of nitrogens with one attached hydrogen (secondary N) is 1. The summed E-state index contributed by atoms with van der Waals surface area (Å²) < 4.78 is 5.33. The van der Waals surface area contributed by atoms with Crippen molar-refractivity contribution >= 4 is 46.2 Å². The number of carbonyl (C=O) groups is 4. The fourth-order valence-electron chi connectivity index (χ4n) is 4.67. The Labute approximate surface area is 213 Å². The molecule has 0 aliphatic carbocycles. The molecule has 37 heavy (non-hydrogen) atoms. The van der Waals surface area contributed by atoms with Crippen molar-refractivity contribution in [3.05, 3.63) is 76.6 Å². The number of benzene rings is 2. The SMILES string of the molecule is CC(=O)NCc1cccc2c1C(=O)C(=Cc1ccc3cc(C(=O)N4CCOCC4)ccc3n1)N2C(C)=O. The fraction of sp³-hybridized carbons (Fsp3) is 0.250. The third-order valence-corrected chi connectivity index (χ3v) is 6.45. The van der Waals surface area contributed by atoms with Crippen LogP contribution in [0.5, 0.6) is 0 Å². The number of hydrogen-bond acceptors (Lipinski definition) is 6. The molecular formula is C28H26N4O5. The van der Waals surface area contributed by atoms with E-state index in [9.17, 15) is 19.2 Å². The summed E-state index contributed by atoms with van der Waals surface area (Å²) in [5.74, 6) is -0.864. The summed E-state index contributed by atoms with van der Waals surface area (Å²) in [6.45, 7) is 5.20. The Morgan fingerprint density at radius 2 is 1.84 bits per heavy atom. The number of nitrogens with zero attached hydrogens (tertiary/aromatic N) is 3. The normalized spacial score (nSPS) is 16.3. The summed E-state index contributed by atoms with van der Waals surface area (Å²) in [6, 6.07) is 14.2. The zero-order valence-corrected chi connectivity index (χ0v) is 20.6. The molecule has 9 nitrogen and oxygen atoms in total. The average molecular weight is 499 g/mol. The third kappa shape index (κ3) is 4.73. The molecular weight excluding hydrogens is 472 g/mol. The average Bonchev–Trinajstić information content (AvgIpc) is 3.19. The van der Waals surface area contributed by atoms with E-state index in [1.54, 1.807) is 47.4 Å². The Hall–Kier alpha value is -4.37. The molecule has 9 heteroatoms. The van der Waals surface area contributed by atoms with Gasteiger partial charge in [-0.1, -0.05) is 18.2 Å². The lowest BCUT2D eigenvalue weighted by atomic mass is 10.0. The molecule has 3 aromatic rings. The van der Waals surface area contributed by atoms with Crippen LogP contribution >= 0.6 is 0 Å². The minimum atomic E-state index is -0.306. The number of Topliss-reactive ketones (excluding diaryl/α,β-unsaturated/α-hetero) is 1. The molecule has 0 unspecified atom stereocenters. The smallest absolute Gasteiger partial charge is 0.254 e. The van der Waals surface area contributed by atoms with E-state index in [1.807, 2.05) is 12.1 Å². The number of pyridine rings is 1. The first-order chi connectivity index (χ1) is 17.8. The second-order valence-corrected chi connectivity index (χ2v) is 8.98. The number of allylic oxidation sites excluding steroid dienone is 1. The number of carbonyl (C=O) groups excluding carboxylic acids is 4. The largest absolute Gasteiger partial charge is 0.378 e. The molecule has 5 rings (SSSR count). The Morgan fingerprint density at radius 3 is 2.57 bits per heavy atom. The van der Waals surface area contributed by atoms with Crippen molar-refractivity contribution in [3.63, 3.8) is 0 Å². The maximum atomic E-state index is 13.5. The van der Waals surface area contributed by atoms with Crippen LogP contribution in [0.3, 0.4) is 0 Å². The van der Waals surface area contributed by atoms with E-state index in [0.29, 0.717) is 59.9 Å². The van der Waals surface area contributed by atoms with Crippen LogP contribution in [0.1, 0.15) is 45.8 Å². The highest BCUT2D eigenvalue weighted by atomic mass is 16.5. The molecule has 2 aliphatic heterocycles. The number of anilines is 1. The zero-order chi connectivity index (χ0) is 26.1. The van der Waals surface area contributed by atoms with Crippen molar-refractivity contribution in [2.45, 2.75) is 20.4 Å². The van der Waals surface area contributed by atoms with Crippen LogP contribution in [0, 0.1) is 0 Å². The Kier molecular flexibility index (Phi) is 6.54. The van der Waals surface area contributed by atoms with Crippen molar-refractivity contribution < 1.29 is 23.9 Å². The number of amides is 3. The van der Waals surface area contributed by atoms with Gasteiger partial charge in [0.1, 0.15) is 0 Å². The second-order valence-electron chi connectivity index (χ2n) is 8.98. The number of ether oxygens (including phenoxy) is 1. The van der Waals surface area contributed by atoms with Crippen LogP contribution in [0.15, 0.2) is 54.2 Å². The molecule has 0 bridgehead atoms. The Balaban J connectivity index is 1.47. The Morgan fingerprint density at radius 1 is 1.05 bits per heavy atom. The van der Waals surface area contributed by atoms with Gasteiger partial charge in [-0.3, -0.25) is 24.1 Å². The highest BCUT2D eigenvalue weighted by Gasteiger charge is 2.36. The van der Waals surface area contributed by atoms with Gasteiger partial charge in [0, 0.05) is 44.4 Å². The number of fused-ring (bicyclic) bond motifs is 2. The highest BCUT2D eigenvalue weighted by molar-refractivity contribution is 6.27. The molecule has 2 aromatic carbocycles. The van der Waals surface area contributed by atoms with Gasteiger partial charge in [-0.05, 0) is 42.0 Å². The first-order valence-corrected chi connectivity index (χ1v) is 12.0. The molecule has 2 aliphatic rings. The lowest BCUT2D eigenvalue weighted by Gasteiger charge is -2.26. The summed E-state index contributed by atoms with van der Waals surface area (Å²) in [4.78, 5) is 58.1. The van der Waals surface area contributed by atoms with Gasteiger partial charge in [-0.15, -0.1) is 0 Å². The van der Waals surface area contributed by atoms with Gasteiger partial charge in [-0.2, -0.15) is 0 Å². The van der Waals surface area contributed by atoms with Crippen molar-refractivity contribution in [2.75, 3.05) is 31.2 Å². The highest BCUT2D eigenvalue weighted by Crippen LogP contribution is 2.37. The molecule has 3 amide bonds. The van der Waals surface area contributed by atoms with E-state index in [2.05, 4.69) is 10.3 Å². The van der Waals surface area contributed by atoms with Crippen molar-refractivity contribution in [3.8, 4) is 0 Å². The summed E-state index contributed by atoms with van der Waals surface area (Å²) >= 11 is 0. The molecule has 0 atom stereocenters. The van der Waals surface area contributed by atoms with E-state index in [1.165, 1.54) is 18.7 Å². The van der Waals surface area contributed by atoms with Crippen LogP contribution in [-0.2, 0) is 20.9 Å². The molecule has 1 fully saturated rings. The van der Waals surface area contributed by atoms with Crippen molar-refractivity contribution in [1.29, 1.82) is 0 Å². The van der Waals surface area contributed by atoms with E-state index in [0.717, 1.165) is 5.39 Å². The van der Waals surface area contributed by atoms with Crippen LogP contribution in [0.4, 0.5) is 5.69 Å². The summed E-state index contributed by atoms with van der Waals surface area (Å²) in [7, 11) is 0. The summed E-state index contributed by atoms with van der Waals surface area (Å²) in [5.41, 5.74) is 3.46. The topological polar surface area (TPSA) is 109 Å². The number of morpholine rings is 1. The van der Waals surface area contributed by atoms with E-state index in [-0.39, 0.29) is 35.7 Å². The van der Waals surface area contributed by atoms with Crippen molar-refractivity contribution in [2.24, 2.45) is 0 Å². The van der Waals surface area contributed by atoms with Crippen LogP contribution in [-0.4, -0.2) is 59.7 Å². The lowest BCUT2D eigenvalue weighted by Crippen LogP contribution is -2.40. The molecule has 1 N–H and O–H groups in total. The molecule has 0 saturated carbocycles. The van der Waals surface area contributed by atoms with Gasteiger partial charge >= 0.3 is 0 Å².